The molecule has 0 bridgehead atoms. The van der Waals surface area contributed by atoms with E-state index in [0.29, 0.717) is 38.6 Å². The van der Waals surface area contributed by atoms with Gasteiger partial charge in [-0.05, 0) is 68.3 Å². The van der Waals surface area contributed by atoms with Gasteiger partial charge in [0.25, 0.3) is 0 Å². The average molecular weight is 558 g/mol. The zero-order valence-electron chi connectivity index (χ0n) is 23.3. The highest BCUT2D eigenvalue weighted by molar-refractivity contribution is 5.95. The monoisotopic (exact) mass is 557 g/mol. The molecule has 0 aromatic carbocycles. The normalized spacial score (nSPS) is 38.7. The summed E-state index contributed by atoms with van der Waals surface area (Å²) < 4.78 is 5.16. The lowest BCUT2D eigenvalue weighted by Gasteiger charge is -2.57. The van der Waals surface area contributed by atoms with Crippen LogP contribution in [0.1, 0.15) is 84.5 Å². The molecule has 0 unspecified atom stereocenters. The van der Waals surface area contributed by atoms with Crippen molar-refractivity contribution < 1.29 is 43.7 Å². The van der Waals surface area contributed by atoms with Gasteiger partial charge in [-0.3, -0.25) is 24.0 Å². The molecule has 2 N–H and O–H groups in total. The Morgan fingerprint density at radius 1 is 1.05 bits per heavy atom. The van der Waals surface area contributed by atoms with Gasteiger partial charge in [0.05, 0.1) is 6.42 Å². The van der Waals surface area contributed by atoms with Crippen LogP contribution in [0.15, 0.2) is 11.6 Å². The number of esters is 1. The molecule has 0 radical (unpaired) electrons. The number of aliphatic carboxylic acids is 1. The Kier molecular flexibility index (Phi) is 7.30. The van der Waals surface area contributed by atoms with Crippen molar-refractivity contribution in [2.45, 2.75) is 96.1 Å². The van der Waals surface area contributed by atoms with E-state index < -0.39 is 47.3 Å². The second-order valence-corrected chi connectivity index (χ2v) is 13.0. The molecule has 7 atom stereocenters. The van der Waals surface area contributed by atoms with E-state index in [-0.39, 0.29) is 60.4 Å². The number of rotatable bonds is 7. The second-order valence-electron chi connectivity index (χ2n) is 13.0. The fraction of sp³-hybridized carbons (Fsp3) is 0.733. The van der Waals surface area contributed by atoms with Gasteiger partial charge in [0, 0.05) is 37.1 Å². The quantitative estimate of drug-likeness (QED) is 0.449. The van der Waals surface area contributed by atoms with E-state index in [1.165, 1.54) is 4.90 Å². The average Bonchev–Trinajstić information content (AvgIpc) is 3.50. The number of ketones is 3. The molecule has 0 spiro atoms. The molecule has 0 aromatic rings. The summed E-state index contributed by atoms with van der Waals surface area (Å²) in [7, 11) is 0. The number of nitrogens with zero attached hydrogens (tertiary/aromatic N) is 1. The van der Waals surface area contributed by atoms with E-state index in [0.717, 1.165) is 18.4 Å². The van der Waals surface area contributed by atoms with E-state index in [9.17, 15) is 39.0 Å². The lowest BCUT2D eigenvalue weighted by molar-refractivity contribution is -0.174. The Balaban J connectivity index is 1.22. The first kappa shape index (κ1) is 28.6. The Labute approximate surface area is 233 Å². The predicted molar refractivity (Wildman–Crippen MR) is 140 cm³/mol. The fourth-order valence-electron chi connectivity index (χ4n) is 8.86. The lowest BCUT2D eigenvalue weighted by Crippen LogP contribution is -2.61. The van der Waals surface area contributed by atoms with Gasteiger partial charge in [-0.1, -0.05) is 19.4 Å². The first-order valence-corrected chi connectivity index (χ1v) is 14.5. The number of allylic oxidation sites excluding steroid dienone is 1. The van der Waals surface area contributed by atoms with Crippen LogP contribution in [0.4, 0.5) is 0 Å². The molecule has 0 aromatic heterocycles. The van der Waals surface area contributed by atoms with Crippen molar-refractivity contribution in [3.05, 3.63) is 11.6 Å². The molecule has 40 heavy (non-hydrogen) atoms. The van der Waals surface area contributed by atoms with E-state index >= 15 is 0 Å². The summed E-state index contributed by atoms with van der Waals surface area (Å²) in [5, 5.41) is 21.0. The van der Waals surface area contributed by atoms with Crippen molar-refractivity contribution in [1.82, 2.24) is 4.90 Å². The zero-order valence-corrected chi connectivity index (χ0v) is 23.3. The highest BCUT2D eigenvalue weighted by atomic mass is 16.5. The number of hydrogen-bond donors (Lipinski definition) is 2. The summed E-state index contributed by atoms with van der Waals surface area (Å²) in [6, 6.07) is -0.886. The molecule has 4 aliphatic carbocycles. The number of carboxylic acids is 1. The van der Waals surface area contributed by atoms with Gasteiger partial charge in [-0.15, -0.1) is 0 Å². The molecule has 5 aliphatic rings. The molecule has 5 rings (SSSR count). The van der Waals surface area contributed by atoms with Crippen molar-refractivity contribution in [1.29, 1.82) is 0 Å². The topological polar surface area (TPSA) is 155 Å². The van der Waals surface area contributed by atoms with Crippen LogP contribution in [-0.2, 0) is 33.5 Å². The van der Waals surface area contributed by atoms with E-state index in [2.05, 4.69) is 6.92 Å². The molecule has 3 saturated carbocycles. The Morgan fingerprint density at radius 3 is 2.52 bits per heavy atom. The number of hydrogen-bond acceptors (Lipinski definition) is 8. The first-order valence-electron chi connectivity index (χ1n) is 14.5. The van der Waals surface area contributed by atoms with Crippen molar-refractivity contribution >= 4 is 35.2 Å². The molecule has 10 heteroatoms. The molecule has 10 nitrogen and oxygen atoms in total. The fourth-order valence-corrected chi connectivity index (χ4v) is 8.86. The number of carboxylic acid groups (broad SMARTS) is 1. The molecule has 1 heterocycles. The number of aliphatic hydroxyl groups is 1. The molecule has 218 valence electrons. The Bertz CT molecular complexity index is 1190. The van der Waals surface area contributed by atoms with Gasteiger partial charge in [0.1, 0.15) is 17.4 Å². The Hall–Kier alpha value is -2.88. The molecular weight excluding hydrogens is 518 g/mol. The number of fused-ring (bicyclic) bond motifs is 5. The van der Waals surface area contributed by atoms with Crippen LogP contribution in [0.25, 0.3) is 0 Å². The number of ether oxygens (including phenoxy) is 1. The minimum Gasteiger partial charge on any atom is -0.480 e. The number of carbonyl (C=O) groups is 6. The maximum absolute atomic E-state index is 13.7. The second kappa shape index (κ2) is 10.2. The van der Waals surface area contributed by atoms with Gasteiger partial charge in [-0.25, -0.2) is 4.79 Å². The van der Waals surface area contributed by atoms with Gasteiger partial charge < -0.3 is 19.8 Å². The summed E-state index contributed by atoms with van der Waals surface area (Å²) in [6.07, 6.45) is 5.53. The third-order valence-corrected chi connectivity index (χ3v) is 11.0. The summed E-state index contributed by atoms with van der Waals surface area (Å²) in [6.45, 7) is 3.57. The summed E-state index contributed by atoms with van der Waals surface area (Å²) >= 11 is 0. The number of Topliss-reactive ketones (excluding diaryl/α,β-unsaturated/α-hetero) is 2. The van der Waals surface area contributed by atoms with E-state index in [4.69, 9.17) is 4.74 Å². The van der Waals surface area contributed by atoms with Gasteiger partial charge in [-0.2, -0.15) is 0 Å². The van der Waals surface area contributed by atoms with Crippen molar-refractivity contribution in [2.24, 2.45) is 28.6 Å². The van der Waals surface area contributed by atoms with E-state index in [1.807, 2.05) is 6.92 Å². The van der Waals surface area contributed by atoms with E-state index in [1.54, 1.807) is 6.08 Å². The molecular formula is C30H39NO9. The highest BCUT2D eigenvalue weighted by Crippen LogP contribution is 2.66. The molecule has 1 amide bonds. The highest BCUT2D eigenvalue weighted by Gasteiger charge is 2.68. The van der Waals surface area contributed by atoms with Crippen LogP contribution in [-0.4, -0.2) is 75.1 Å². The van der Waals surface area contributed by atoms with Gasteiger partial charge in [0.2, 0.25) is 11.7 Å². The van der Waals surface area contributed by atoms with Crippen LogP contribution in [0.2, 0.25) is 0 Å². The van der Waals surface area contributed by atoms with Crippen LogP contribution in [0, 0.1) is 28.6 Å². The van der Waals surface area contributed by atoms with Crippen molar-refractivity contribution in [3.63, 3.8) is 0 Å². The zero-order chi connectivity index (χ0) is 29.0. The maximum atomic E-state index is 13.7. The smallest absolute Gasteiger partial charge is 0.326 e. The Morgan fingerprint density at radius 2 is 1.80 bits per heavy atom. The standard InChI is InChI=1S/C30H39NO9/c1-28-11-9-18(32)14-17(28)5-6-19-20-10-12-30(39,29(20,2)15-22(33)26(19)28)23(34)16-40-25(36)8-7-24(35)31-13-3-4-21(31)27(37)38/h14,19-21,26,39H,3-13,15-16H2,1-2H3,(H,37,38)/t19-,20+,21-,26+,28+,29+,30+/m1/s1. The molecule has 4 fully saturated rings. The van der Waals surface area contributed by atoms with Crippen LogP contribution in [0.3, 0.4) is 0 Å². The molecule has 1 aliphatic heterocycles. The maximum Gasteiger partial charge on any atom is 0.326 e. The summed E-state index contributed by atoms with van der Waals surface area (Å²) in [5.41, 5.74) is -2.10. The summed E-state index contributed by atoms with van der Waals surface area (Å²) in [4.78, 5) is 76.5. The number of likely N-dealkylation sites (tertiary alicyclic amines) is 1. The van der Waals surface area contributed by atoms with Gasteiger partial charge in [0.15, 0.2) is 12.4 Å². The van der Waals surface area contributed by atoms with Crippen LogP contribution < -0.4 is 0 Å². The lowest BCUT2D eigenvalue weighted by atomic mass is 9.46. The number of carbonyl (C=O) groups excluding carboxylic acids is 5. The minimum atomic E-state index is -1.81. The summed E-state index contributed by atoms with van der Waals surface area (Å²) in [5.74, 6) is -3.07. The minimum absolute atomic E-state index is 0.0113. The van der Waals surface area contributed by atoms with Crippen LogP contribution >= 0.6 is 0 Å². The van der Waals surface area contributed by atoms with Gasteiger partial charge >= 0.3 is 11.9 Å². The van der Waals surface area contributed by atoms with Crippen molar-refractivity contribution in [2.75, 3.05) is 13.2 Å². The number of amides is 1. The van der Waals surface area contributed by atoms with Crippen molar-refractivity contribution in [3.8, 4) is 0 Å². The largest absolute Gasteiger partial charge is 0.480 e. The molecule has 1 saturated heterocycles. The van der Waals surface area contributed by atoms with Crippen LogP contribution in [0.5, 0.6) is 0 Å². The third kappa shape index (κ3) is 4.43. The predicted octanol–water partition coefficient (Wildman–Crippen LogP) is 2.40. The SMILES string of the molecule is C[C@]12CCC(=O)C=C1CC[C@H]1[C@H]2C(=O)C[C@@]2(C)[C@H]1CC[C@]2(O)C(=O)COC(=O)CCC(=O)N1CCC[C@@H]1C(=O)O. The first-order chi connectivity index (χ1) is 18.8. The third-order valence-electron chi connectivity index (χ3n) is 11.0.